The number of nitrogens with two attached hydrogens (primary N) is 1. The lowest BCUT2D eigenvalue weighted by atomic mass is 10.1. The van der Waals surface area contributed by atoms with E-state index in [1.807, 2.05) is 0 Å². The molecule has 0 heterocycles. The standard InChI is InChI=1S/C9H11F2NO2/c1-14-8-3-5(7(12)4-13)2-6(10)9(8)11/h2-3,7,13H,4,12H2,1H3/t7-/m0/s1. The second-order valence-corrected chi connectivity index (χ2v) is 2.81. The highest BCUT2D eigenvalue weighted by molar-refractivity contribution is 5.33. The Morgan fingerprint density at radius 1 is 1.50 bits per heavy atom. The molecule has 1 aromatic carbocycles. The molecule has 0 saturated heterocycles. The van der Waals surface area contributed by atoms with E-state index in [4.69, 9.17) is 10.8 Å². The summed E-state index contributed by atoms with van der Waals surface area (Å²) in [5.41, 5.74) is 5.74. The van der Waals surface area contributed by atoms with Gasteiger partial charge in [-0.2, -0.15) is 4.39 Å². The van der Waals surface area contributed by atoms with Gasteiger partial charge in [0.15, 0.2) is 11.6 Å². The van der Waals surface area contributed by atoms with Gasteiger partial charge in [-0.1, -0.05) is 0 Å². The predicted octanol–water partition coefficient (Wildman–Crippen LogP) is 0.965. The van der Waals surface area contributed by atoms with Gasteiger partial charge in [-0.05, 0) is 17.7 Å². The molecule has 78 valence electrons. The zero-order valence-corrected chi connectivity index (χ0v) is 7.63. The summed E-state index contributed by atoms with van der Waals surface area (Å²) in [6, 6.07) is 1.47. The second-order valence-electron chi connectivity index (χ2n) is 2.81. The van der Waals surface area contributed by atoms with Crippen LogP contribution in [0.2, 0.25) is 0 Å². The molecule has 0 fully saturated rings. The molecule has 0 aromatic heterocycles. The highest BCUT2D eigenvalue weighted by Crippen LogP contribution is 2.24. The van der Waals surface area contributed by atoms with Crippen LogP contribution in [0.4, 0.5) is 8.78 Å². The quantitative estimate of drug-likeness (QED) is 0.769. The molecule has 0 amide bonds. The Morgan fingerprint density at radius 3 is 2.64 bits per heavy atom. The minimum absolute atomic E-state index is 0.219. The summed E-state index contributed by atoms with van der Waals surface area (Å²) in [5.74, 6) is -2.31. The highest BCUT2D eigenvalue weighted by Gasteiger charge is 2.14. The molecule has 3 nitrogen and oxygen atoms in total. The van der Waals surface area contributed by atoms with Gasteiger partial charge < -0.3 is 15.6 Å². The Morgan fingerprint density at radius 2 is 2.14 bits per heavy atom. The first-order valence-corrected chi connectivity index (χ1v) is 3.99. The third-order valence-corrected chi connectivity index (χ3v) is 1.86. The summed E-state index contributed by atoms with van der Waals surface area (Å²) in [7, 11) is 1.23. The van der Waals surface area contributed by atoms with Crippen molar-refractivity contribution in [3.63, 3.8) is 0 Å². The van der Waals surface area contributed by atoms with Crippen LogP contribution in [0.25, 0.3) is 0 Å². The number of rotatable bonds is 3. The third kappa shape index (κ3) is 2.00. The van der Waals surface area contributed by atoms with Crippen molar-refractivity contribution in [2.24, 2.45) is 5.73 Å². The topological polar surface area (TPSA) is 55.5 Å². The average Bonchev–Trinajstić information content (AvgIpc) is 2.20. The van der Waals surface area contributed by atoms with Crippen LogP contribution in [0.15, 0.2) is 12.1 Å². The largest absolute Gasteiger partial charge is 0.494 e. The Kier molecular flexibility index (Phi) is 3.38. The van der Waals surface area contributed by atoms with E-state index < -0.39 is 17.7 Å². The molecule has 0 spiro atoms. The number of methoxy groups -OCH3 is 1. The van der Waals surface area contributed by atoms with Gasteiger partial charge in [0.25, 0.3) is 0 Å². The summed E-state index contributed by atoms with van der Waals surface area (Å²) in [6.07, 6.45) is 0. The number of halogens is 2. The maximum Gasteiger partial charge on any atom is 0.200 e. The zero-order chi connectivity index (χ0) is 10.7. The van der Waals surface area contributed by atoms with E-state index in [-0.39, 0.29) is 12.4 Å². The Balaban J connectivity index is 3.16. The molecule has 0 unspecified atom stereocenters. The number of ether oxygens (including phenoxy) is 1. The van der Waals surface area contributed by atoms with Gasteiger partial charge in [0.1, 0.15) is 0 Å². The summed E-state index contributed by atoms with van der Waals surface area (Å²) < 4.78 is 30.5. The van der Waals surface area contributed by atoms with Gasteiger partial charge in [-0.15, -0.1) is 0 Å². The van der Waals surface area contributed by atoms with Crippen LogP contribution in [0.3, 0.4) is 0 Å². The number of aliphatic hydroxyl groups excluding tert-OH is 1. The third-order valence-electron chi connectivity index (χ3n) is 1.86. The first-order valence-electron chi connectivity index (χ1n) is 3.99. The fourth-order valence-corrected chi connectivity index (χ4v) is 1.05. The molecule has 14 heavy (non-hydrogen) atoms. The number of aliphatic hydroxyl groups is 1. The minimum atomic E-state index is -1.05. The van der Waals surface area contributed by atoms with Gasteiger partial charge in [-0.3, -0.25) is 0 Å². The average molecular weight is 203 g/mol. The van der Waals surface area contributed by atoms with Gasteiger partial charge >= 0.3 is 0 Å². The molecule has 1 aromatic rings. The number of hydrogen-bond donors (Lipinski definition) is 2. The maximum atomic E-state index is 12.9. The van der Waals surface area contributed by atoms with E-state index in [1.165, 1.54) is 13.2 Å². The van der Waals surface area contributed by atoms with E-state index in [9.17, 15) is 8.78 Å². The van der Waals surface area contributed by atoms with E-state index in [0.29, 0.717) is 5.56 Å². The molecule has 1 rings (SSSR count). The molecule has 0 aliphatic heterocycles. The highest BCUT2D eigenvalue weighted by atomic mass is 19.2. The lowest BCUT2D eigenvalue weighted by Gasteiger charge is -2.11. The molecule has 0 aliphatic rings. The van der Waals surface area contributed by atoms with Crippen molar-refractivity contribution in [3.8, 4) is 5.75 Å². The molecule has 1 atom stereocenters. The van der Waals surface area contributed by atoms with Crippen LogP contribution in [-0.2, 0) is 0 Å². The van der Waals surface area contributed by atoms with Crippen LogP contribution in [-0.4, -0.2) is 18.8 Å². The molecule has 0 saturated carbocycles. The molecule has 3 N–H and O–H groups in total. The van der Waals surface area contributed by atoms with Crippen molar-refractivity contribution in [1.29, 1.82) is 0 Å². The van der Waals surface area contributed by atoms with Gasteiger partial charge in [-0.25, -0.2) is 4.39 Å². The molecule has 5 heteroatoms. The van der Waals surface area contributed by atoms with Crippen molar-refractivity contribution in [2.45, 2.75) is 6.04 Å². The second kappa shape index (κ2) is 4.34. The zero-order valence-electron chi connectivity index (χ0n) is 7.63. The summed E-state index contributed by atoms with van der Waals surface area (Å²) in [4.78, 5) is 0. The summed E-state index contributed by atoms with van der Waals surface area (Å²) in [5, 5.41) is 8.73. The molecule has 0 bridgehead atoms. The normalized spacial score (nSPS) is 12.6. The first kappa shape index (κ1) is 10.9. The van der Waals surface area contributed by atoms with Crippen LogP contribution < -0.4 is 10.5 Å². The lowest BCUT2D eigenvalue weighted by Crippen LogP contribution is -2.15. The Labute approximate surface area is 80.1 Å². The molecule has 0 radical (unpaired) electrons. The molecular formula is C9H11F2NO2. The maximum absolute atomic E-state index is 12.9. The van der Waals surface area contributed by atoms with Crippen LogP contribution >= 0.6 is 0 Å². The summed E-state index contributed by atoms with van der Waals surface area (Å²) in [6.45, 7) is -0.339. The van der Waals surface area contributed by atoms with E-state index in [1.54, 1.807) is 0 Å². The van der Waals surface area contributed by atoms with Crippen LogP contribution in [0, 0.1) is 11.6 Å². The minimum Gasteiger partial charge on any atom is -0.494 e. The summed E-state index contributed by atoms with van der Waals surface area (Å²) >= 11 is 0. The number of benzene rings is 1. The molecule has 0 aliphatic carbocycles. The van der Waals surface area contributed by atoms with Gasteiger partial charge in [0.05, 0.1) is 19.8 Å². The van der Waals surface area contributed by atoms with Crippen molar-refractivity contribution >= 4 is 0 Å². The van der Waals surface area contributed by atoms with Crippen LogP contribution in [0.5, 0.6) is 5.75 Å². The predicted molar refractivity (Wildman–Crippen MR) is 46.9 cm³/mol. The molecular weight excluding hydrogens is 192 g/mol. The van der Waals surface area contributed by atoms with E-state index in [2.05, 4.69) is 4.74 Å². The van der Waals surface area contributed by atoms with Crippen LogP contribution in [0.1, 0.15) is 11.6 Å². The van der Waals surface area contributed by atoms with E-state index >= 15 is 0 Å². The van der Waals surface area contributed by atoms with Gasteiger partial charge in [0.2, 0.25) is 5.82 Å². The van der Waals surface area contributed by atoms with Crippen molar-refractivity contribution < 1.29 is 18.6 Å². The smallest absolute Gasteiger partial charge is 0.200 e. The van der Waals surface area contributed by atoms with Gasteiger partial charge in [0, 0.05) is 0 Å². The monoisotopic (exact) mass is 203 g/mol. The van der Waals surface area contributed by atoms with Crippen molar-refractivity contribution in [1.82, 2.24) is 0 Å². The first-order chi connectivity index (χ1) is 6.60. The Hall–Kier alpha value is -1.20. The van der Waals surface area contributed by atoms with Crippen molar-refractivity contribution in [2.75, 3.05) is 13.7 Å². The number of hydrogen-bond acceptors (Lipinski definition) is 3. The fourth-order valence-electron chi connectivity index (χ4n) is 1.05. The fraction of sp³-hybridized carbons (Fsp3) is 0.333. The SMILES string of the molecule is COc1cc([C@@H](N)CO)cc(F)c1F. The van der Waals surface area contributed by atoms with E-state index in [0.717, 1.165) is 6.07 Å². The lowest BCUT2D eigenvalue weighted by molar-refractivity contribution is 0.267. The van der Waals surface area contributed by atoms with Crippen molar-refractivity contribution in [3.05, 3.63) is 29.3 Å². The Bertz CT molecular complexity index is 331.